The number of fused-ring (bicyclic) bond motifs is 1. The van der Waals surface area contributed by atoms with Crippen LogP contribution < -0.4 is 10.1 Å². The summed E-state index contributed by atoms with van der Waals surface area (Å²) in [6.07, 6.45) is 1.52. The number of ether oxygens (including phenoxy) is 2. The lowest BCUT2D eigenvalue weighted by atomic mass is 10.0. The first-order chi connectivity index (χ1) is 13.9. The van der Waals surface area contributed by atoms with Gasteiger partial charge >= 0.3 is 5.97 Å². The van der Waals surface area contributed by atoms with E-state index >= 15 is 0 Å². The van der Waals surface area contributed by atoms with Gasteiger partial charge in [-0.25, -0.2) is 4.79 Å². The van der Waals surface area contributed by atoms with Crippen LogP contribution in [0, 0.1) is 6.92 Å². The Hall–Kier alpha value is -3.60. The molecule has 0 fully saturated rings. The molecule has 0 atom stereocenters. The highest BCUT2D eigenvalue weighted by Gasteiger charge is 2.17. The van der Waals surface area contributed by atoms with Crippen LogP contribution >= 0.6 is 0 Å². The second-order valence-corrected chi connectivity index (χ2v) is 6.74. The van der Waals surface area contributed by atoms with E-state index in [1.807, 2.05) is 56.3 Å². The number of aryl methyl sites for hydroxylation is 1. The van der Waals surface area contributed by atoms with Crippen molar-refractivity contribution in [3.8, 4) is 5.75 Å². The van der Waals surface area contributed by atoms with Gasteiger partial charge in [0.25, 0.3) is 0 Å². The highest BCUT2D eigenvalue weighted by molar-refractivity contribution is 6.08. The minimum Gasteiger partial charge on any atom is -0.496 e. The normalized spacial score (nSPS) is 11.2. The highest BCUT2D eigenvalue weighted by atomic mass is 16.5. The molecule has 0 saturated carbocycles. The molecule has 3 aromatic rings. The lowest BCUT2D eigenvalue weighted by Gasteiger charge is -2.13. The Kier molecular flexibility index (Phi) is 5.98. The second-order valence-electron chi connectivity index (χ2n) is 6.74. The zero-order chi connectivity index (χ0) is 21.0. The van der Waals surface area contributed by atoms with E-state index in [1.165, 1.54) is 20.3 Å². The van der Waals surface area contributed by atoms with Gasteiger partial charge in [-0.1, -0.05) is 36.4 Å². The molecule has 0 radical (unpaired) electrons. The van der Waals surface area contributed by atoms with Crippen molar-refractivity contribution in [2.75, 3.05) is 19.5 Å². The summed E-state index contributed by atoms with van der Waals surface area (Å²) < 4.78 is 10.1. The first-order valence-electron chi connectivity index (χ1n) is 9.18. The molecular formula is C24H23NO4. The van der Waals surface area contributed by atoms with Gasteiger partial charge in [0.2, 0.25) is 5.91 Å². The fourth-order valence-electron chi connectivity index (χ4n) is 3.17. The maximum absolute atomic E-state index is 12.6. The smallest absolute Gasteiger partial charge is 0.340 e. The van der Waals surface area contributed by atoms with Crippen molar-refractivity contribution in [2.45, 2.75) is 13.8 Å². The van der Waals surface area contributed by atoms with Crippen molar-refractivity contribution in [3.63, 3.8) is 0 Å². The lowest BCUT2D eigenvalue weighted by Crippen LogP contribution is -2.14. The predicted octanol–water partition coefficient (Wildman–Crippen LogP) is 4.99. The maximum atomic E-state index is 12.6. The molecule has 3 aromatic carbocycles. The molecule has 0 spiro atoms. The molecule has 3 rings (SSSR count). The van der Waals surface area contributed by atoms with Crippen LogP contribution in [0.1, 0.15) is 28.4 Å². The summed E-state index contributed by atoms with van der Waals surface area (Å²) in [6, 6.07) is 17.4. The Balaban J connectivity index is 1.89. The number of anilines is 1. The quantitative estimate of drug-likeness (QED) is 0.493. The molecule has 0 aliphatic carbocycles. The number of amides is 1. The number of carbonyl (C=O) groups excluding carboxylic acids is 2. The maximum Gasteiger partial charge on any atom is 0.340 e. The Bertz CT molecular complexity index is 1120. The van der Waals surface area contributed by atoms with Crippen LogP contribution in [0.3, 0.4) is 0 Å². The van der Waals surface area contributed by atoms with Crippen LogP contribution in [0.15, 0.2) is 60.7 Å². The van der Waals surface area contributed by atoms with Gasteiger partial charge in [-0.05, 0) is 59.5 Å². The van der Waals surface area contributed by atoms with Gasteiger partial charge in [0.15, 0.2) is 0 Å². The largest absolute Gasteiger partial charge is 0.496 e. The van der Waals surface area contributed by atoms with Crippen molar-refractivity contribution in [1.29, 1.82) is 0 Å². The lowest BCUT2D eigenvalue weighted by molar-refractivity contribution is -0.111. The Labute approximate surface area is 170 Å². The summed E-state index contributed by atoms with van der Waals surface area (Å²) in [7, 11) is 2.82. The standard InChI is InChI=1S/C24H23NO4/c1-15(18-10-9-17-7-5-6-8-19(17)13-18)12-23(26)25-21-11-16(2)22(28-3)14-20(21)24(27)29-4/h5-14H,1-4H3,(H,25,26). The van der Waals surface area contributed by atoms with Crippen LogP contribution in [0.5, 0.6) is 5.75 Å². The minimum atomic E-state index is -0.547. The number of methoxy groups -OCH3 is 2. The number of hydrogen-bond donors (Lipinski definition) is 1. The molecule has 5 heteroatoms. The monoisotopic (exact) mass is 389 g/mol. The summed E-state index contributed by atoms with van der Waals surface area (Å²) >= 11 is 0. The van der Waals surface area contributed by atoms with Gasteiger partial charge < -0.3 is 14.8 Å². The van der Waals surface area contributed by atoms with E-state index in [-0.39, 0.29) is 11.5 Å². The van der Waals surface area contributed by atoms with E-state index in [0.717, 1.165) is 27.5 Å². The SMILES string of the molecule is COC(=O)c1cc(OC)c(C)cc1NC(=O)C=C(C)c1ccc2ccccc2c1. The molecule has 5 nitrogen and oxygen atoms in total. The van der Waals surface area contributed by atoms with Crippen LogP contribution in [-0.2, 0) is 9.53 Å². The Morgan fingerprint density at radius 3 is 2.38 bits per heavy atom. The van der Waals surface area contributed by atoms with E-state index in [1.54, 1.807) is 12.1 Å². The fraction of sp³-hybridized carbons (Fsp3) is 0.167. The summed E-state index contributed by atoms with van der Waals surface area (Å²) in [5, 5.41) is 5.04. The van der Waals surface area contributed by atoms with Gasteiger partial charge in [-0.15, -0.1) is 0 Å². The van der Waals surface area contributed by atoms with Gasteiger partial charge in [0, 0.05) is 6.08 Å². The number of hydrogen-bond acceptors (Lipinski definition) is 4. The average Bonchev–Trinajstić information content (AvgIpc) is 2.72. The summed E-state index contributed by atoms with van der Waals surface area (Å²) in [5.74, 6) is -0.328. The Morgan fingerprint density at radius 2 is 1.69 bits per heavy atom. The third-order valence-corrected chi connectivity index (χ3v) is 4.75. The van der Waals surface area contributed by atoms with Crippen LogP contribution in [-0.4, -0.2) is 26.1 Å². The van der Waals surface area contributed by atoms with E-state index in [4.69, 9.17) is 9.47 Å². The number of benzene rings is 3. The number of allylic oxidation sites excluding steroid dienone is 1. The molecule has 29 heavy (non-hydrogen) atoms. The van der Waals surface area contributed by atoms with Gasteiger partial charge in [0.05, 0.1) is 25.5 Å². The molecule has 0 aliphatic heterocycles. The van der Waals surface area contributed by atoms with E-state index in [0.29, 0.717) is 11.4 Å². The predicted molar refractivity (Wildman–Crippen MR) is 115 cm³/mol. The number of carbonyl (C=O) groups is 2. The van der Waals surface area contributed by atoms with Gasteiger partial charge in [-0.3, -0.25) is 4.79 Å². The molecule has 0 unspecified atom stereocenters. The highest BCUT2D eigenvalue weighted by Crippen LogP contribution is 2.28. The molecule has 0 bridgehead atoms. The average molecular weight is 389 g/mol. The fourth-order valence-corrected chi connectivity index (χ4v) is 3.17. The number of rotatable bonds is 5. The first kappa shape index (κ1) is 20.1. The van der Waals surface area contributed by atoms with Crippen molar-refractivity contribution in [1.82, 2.24) is 0 Å². The summed E-state index contributed by atoms with van der Waals surface area (Å²) in [5.41, 5.74) is 3.18. The molecule has 0 saturated heterocycles. The van der Waals surface area contributed by atoms with Crippen molar-refractivity contribution >= 4 is 33.9 Å². The topological polar surface area (TPSA) is 64.6 Å². The van der Waals surface area contributed by atoms with Crippen LogP contribution in [0.4, 0.5) is 5.69 Å². The summed E-state index contributed by atoms with van der Waals surface area (Å²) in [4.78, 5) is 24.7. The molecule has 1 N–H and O–H groups in total. The van der Waals surface area contributed by atoms with Crippen molar-refractivity contribution in [3.05, 3.63) is 77.4 Å². The van der Waals surface area contributed by atoms with Gasteiger partial charge in [-0.2, -0.15) is 0 Å². The van der Waals surface area contributed by atoms with Crippen LogP contribution in [0.2, 0.25) is 0 Å². The molecular weight excluding hydrogens is 366 g/mol. The first-order valence-corrected chi connectivity index (χ1v) is 9.18. The van der Waals surface area contributed by atoms with Crippen LogP contribution in [0.25, 0.3) is 16.3 Å². The van der Waals surface area contributed by atoms with E-state index in [2.05, 4.69) is 5.32 Å². The molecule has 0 aromatic heterocycles. The molecule has 0 heterocycles. The Morgan fingerprint density at radius 1 is 0.966 bits per heavy atom. The van der Waals surface area contributed by atoms with E-state index in [9.17, 15) is 9.59 Å². The van der Waals surface area contributed by atoms with E-state index < -0.39 is 5.97 Å². The number of esters is 1. The minimum absolute atomic E-state index is 0.236. The molecule has 1 amide bonds. The summed E-state index contributed by atoms with van der Waals surface area (Å²) in [6.45, 7) is 3.72. The van der Waals surface area contributed by atoms with Crippen molar-refractivity contribution < 1.29 is 19.1 Å². The molecule has 148 valence electrons. The van der Waals surface area contributed by atoms with Crippen molar-refractivity contribution in [2.24, 2.45) is 0 Å². The zero-order valence-electron chi connectivity index (χ0n) is 16.9. The number of nitrogens with one attached hydrogen (secondary N) is 1. The zero-order valence-corrected chi connectivity index (χ0v) is 16.9. The van der Waals surface area contributed by atoms with Gasteiger partial charge in [0.1, 0.15) is 5.75 Å². The third-order valence-electron chi connectivity index (χ3n) is 4.75. The molecule has 0 aliphatic rings. The second kappa shape index (κ2) is 8.61. The third kappa shape index (κ3) is 4.46.